The Bertz CT molecular complexity index is 1570. The monoisotopic (exact) mass is 775 g/mol. The molecule has 4 aromatic carbocycles. The fraction of sp³-hybridized carbons (Fsp3) is 0. The van der Waals surface area contributed by atoms with Crippen molar-refractivity contribution in [2.24, 2.45) is 5.10 Å². The van der Waals surface area contributed by atoms with Crippen LogP contribution in [0.4, 0.5) is 5.69 Å². The third-order valence-corrected chi connectivity index (χ3v) is 7.27. The standard InChI is InChI=1S/C28H17Br4N3O4/c29-20-8-4-16(5-9-20)26(36)34-23-3-1-2-18(13-23)27(37)35-33-15-19-12-22(31)14-24(32)25(19)39-28(38)17-6-10-21(30)11-7-17/h1-15H,(H,34,36)(H,35,37). The van der Waals surface area contributed by atoms with Crippen molar-refractivity contribution in [3.8, 4) is 5.75 Å². The van der Waals surface area contributed by atoms with E-state index in [0.29, 0.717) is 31.3 Å². The van der Waals surface area contributed by atoms with Crippen molar-refractivity contribution in [3.05, 3.63) is 125 Å². The Morgan fingerprint density at radius 2 is 1.33 bits per heavy atom. The largest absolute Gasteiger partial charge is 0.421 e. The Balaban J connectivity index is 1.45. The molecule has 0 saturated carbocycles. The number of nitrogens with zero attached hydrogens (tertiary/aromatic N) is 1. The van der Waals surface area contributed by atoms with E-state index in [-0.39, 0.29) is 17.2 Å². The van der Waals surface area contributed by atoms with E-state index in [2.05, 4.69) is 79.6 Å². The summed E-state index contributed by atoms with van der Waals surface area (Å²) in [4.78, 5) is 37.9. The van der Waals surface area contributed by atoms with Gasteiger partial charge >= 0.3 is 5.97 Å². The van der Waals surface area contributed by atoms with Gasteiger partial charge in [-0.25, -0.2) is 10.2 Å². The number of anilines is 1. The Kier molecular flexibility index (Phi) is 9.84. The lowest BCUT2D eigenvalue weighted by molar-refractivity contribution is 0.0732. The lowest BCUT2D eigenvalue weighted by atomic mass is 10.1. The lowest BCUT2D eigenvalue weighted by Crippen LogP contribution is -2.18. The molecule has 0 aliphatic heterocycles. The zero-order chi connectivity index (χ0) is 27.9. The Labute approximate surface area is 257 Å². The molecule has 2 amide bonds. The van der Waals surface area contributed by atoms with Crippen molar-refractivity contribution >= 4 is 93.4 Å². The predicted octanol–water partition coefficient (Wildman–Crippen LogP) is 7.97. The molecule has 0 spiro atoms. The van der Waals surface area contributed by atoms with Gasteiger partial charge in [0.05, 0.1) is 16.3 Å². The number of carbonyl (C=O) groups is 3. The first-order valence-corrected chi connectivity index (χ1v) is 14.3. The number of hydrazone groups is 1. The molecule has 0 saturated heterocycles. The summed E-state index contributed by atoms with van der Waals surface area (Å²) in [6.07, 6.45) is 1.37. The molecule has 0 aromatic heterocycles. The molecule has 0 bridgehead atoms. The van der Waals surface area contributed by atoms with Gasteiger partial charge in [0.1, 0.15) is 0 Å². The van der Waals surface area contributed by atoms with Gasteiger partial charge in [-0.3, -0.25) is 9.59 Å². The number of ether oxygens (including phenoxy) is 1. The third kappa shape index (κ3) is 7.95. The van der Waals surface area contributed by atoms with E-state index in [1.165, 1.54) is 6.21 Å². The van der Waals surface area contributed by atoms with E-state index in [1.807, 2.05) is 0 Å². The van der Waals surface area contributed by atoms with Crippen LogP contribution >= 0.6 is 63.7 Å². The summed E-state index contributed by atoms with van der Waals surface area (Å²) in [5.74, 6) is -1.11. The number of esters is 1. The molecule has 0 heterocycles. The van der Waals surface area contributed by atoms with Crippen molar-refractivity contribution in [1.82, 2.24) is 5.43 Å². The smallest absolute Gasteiger partial charge is 0.343 e. The van der Waals surface area contributed by atoms with Crippen LogP contribution in [0.5, 0.6) is 5.75 Å². The average molecular weight is 779 g/mol. The van der Waals surface area contributed by atoms with Gasteiger partial charge in [-0.1, -0.05) is 53.9 Å². The molecule has 11 heteroatoms. The molecular weight excluding hydrogens is 762 g/mol. The fourth-order valence-electron chi connectivity index (χ4n) is 3.29. The number of halogens is 4. The van der Waals surface area contributed by atoms with Crippen LogP contribution in [0.3, 0.4) is 0 Å². The first-order valence-electron chi connectivity index (χ1n) is 11.2. The minimum atomic E-state index is -0.550. The van der Waals surface area contributed by atoms with Crippen molar-refractivity contribution in [2.45, 2.75) is 0 Å². The number of amides is 2. The van der Waals surface area contributed by atoms with Gasteiger partial charge in [0.15, 0.2) is 5.75 Å². The number of nitrogens with one attached hydrogen (secondary N) is 2. The molecular formula is C28H17Br4N3O4. The Morgan fingerprint density at radius 3 is 2.00 bits per heavy atom. The predicted molar refractivity (Wildman–Crippen MR) is 165 cm³/mol. The van der Waals surface area contributed by atoms with Crippen molar-refractivity contribution in [1.29, 1.82) is 0 Å². The minimum absolute atomic E-state index is 0.238. The summed E-state index contributed by atoms with van der Waals surface area (Å²) in [5, 5.41) is 6.82. The molecule has 0 aliphatic rings. The third-order valence-electron chi connectivity index (χ3n) is 5.17. The van der Waals surface area contributed by atoms with Crippen LogP contribution in [-0.4, -0.2) is 24.0 Å². The quantitative estimate of drug-likeness (QED) is 0.0862. The summed E-state index contributed by atoms with van der Waals surface area (Å²) in [6, 6.07) is 23.6. The van der Waals surface area contributed by atoms with Gasteiger partial charge in [0.25, 0.3) is 11.8 Å². The molecule has 2 N–H and O–H groups in total. The van der Waals surface area contributed by atoms with Crippen LogP contribution in [0.1, 0.15) is 36.6 Å². The lowest BCUT2D eigenvalue weighted by Gasteiger charge is -2.11. The number of hydrogen-bond acceptors (Lipinski definition) is 5. The molecule has 0 atom stereocenters. The second-order valence-electron chi connectivity index (χ2n) is 7.94. The summed E-state index contributed by atoms with van der Waals surface area (Å²) in [6.45, 7) is 0. The van der Waals surface area contributed by atoms with Gasteiger partial charge in [0.2, 0.25) is 0 Å². The minimum Gasteiger partial charge on any atom is -0.421 e. The van der Waals surface area contributed by atoms with E-state index < -0.39 is 11.9 Å². The normalized spacial score (nSPS) is 10.8. The van der Waals surface area contributed by atoms with Crippen LogP contribution in [0, 0.1) is 0 Å². The fourth-order valence-corrected chi connectivity index (χ4v) is 5.16. The highest BCUT2D eigenvalue weighted by Crippen LogP contribution is 2.33. The van der Waals surface area contributed by atoms with E-state index in [9.17, 15) is 14.4 Å². The Hall–Kier alpha value is -3.12. The molecule has 39 heavy (non-hydrogen) atoms. The molecule has 4 rings (SSSR count). The number of rotatable bonds is 7. The number of carbonyl (C=O) groups excluding carboxylic acids is 3. The van der Waals surface area contributed by atoms with Crippen LogP contribution < -0.4 is 15.5 Å². The molecule has 196 valence electrons. The first-order chi connectivity index (χ1) is 18.7. The second-order valence-corrected chi connectivity index (χ2v) is 11.5. The number of hydrogen-bond donors (Lipinski definition) is 2. The zero-order valence-corrected chi connectivity index (χ0v) is 26.1. The SMILES string of the molecule is O=C(NN=Cc1cc(Br)cc(Br)c1OC(=O)c1ccc(Br)cc1)c1cccc(NC(=O)c2ccc(Br)cc2)c1. The van der Waals surface area contributed by atoms with E-state index in [0.717, 1.165) is 8.95 Å². The van der Waals surface area contributed by atoms with Crippen LogP contribution in [0.2, 0.25) is 0 Å². The van der Waals surface area contributed by atoms with Crippen LogP contribution in [0.15, 0.2) is 108 Å². The molecule has 7 nitrogen and oxygen atoms in total. The number of benzene rings is 4. The average Bonchev–Trinajstić information content (AvgIpc) is 2.91. The van der Waals surface area contributed by atoms with Gasteiger partial charge in [0, 0.05) is 35.8 Å². The zero-order valence-electron chi connectivity index (χ0n) is 19.8. The summed E-state index contributed by atoms with van der Waals surface area (Å²) in [7, 11) is 0. The van der Waals surface area contributed by atoms with E-state index in [1.54, 1.807) is 84.9 Å². The maximum absolute atomic E-state index is 12.7. The van der Waals surface area contributed by atoms with E-state index >= 15 is 0 Å². The molecule has 4 aromatic rings. The highest BCUT2D eigenvalue weighted by molar-refractivity contribution is 9.11. The topological polar surface area (TPSA) is 96.9 Å². The second kappa shape index (κ2) is 13.3. The molecule has 0 fully saturated rings. The highest BCUT2D eigenvalue weighted by atomic mass is 79.9. The summed E-state index contributed by atoms with van der Waals surface area (Å²) >= 11 is 13.5. The van der Waals surface area contributed by atoms with Gasteiger partial charge in [-0.2, -0.15) is 5.10 Å². The highest BCUT2D eigenvalue weighted by Gasteiger charge is 2.16. The van der Waals surface area contributed by atoms with E-state index in [4.69, 9.17) is 4.74 Å². The maximum Gasteiger partial charge on any atom is 0.343 e. The maximum atomic E-state index is 12.7. The van der Waals surface area contributed by atoms with Crippen molar-refractivity contribution in [2.75, 3.05) is 5.32 Å². The van der Waals surface area contributed by atoms with Crippen molar-refractivity contribution < 1.29 is 19.1 Å². The van der Waals surface area contributed by atoms with Crippen LogP contribution in [-0.2, 0) is 0 Å². The van der Waals surface area contributed by atoms with Gasteiger partial charge in [-0.15, -0.1) is 0 Å². The molecule has 0 radical (unpaired) electrons. The van der Waals surface area contributed by atoms with Crippen LogP contribution in [0.25, 0.3) is 0 Å². The molecule has 0 aliphatic carbocycles. The van der Waals surface area contributed by atoms with Crippen molar-refractivity contribution in [3.63, 3.8) is 0 Å². The van der Waals surface area contributed by atoms with Gasteiger partial charge in [-0.05, 0) is 94.8 Å². The summed E-state index contributed by atoms with van der Waals surface area (Å²) in [5.41, 5.74) is 4.50. The summed E-state index contributed by atoms with van der Waals surface area (Å²) < 4.78 is 8.55. The Morgan fingerprint density at radius 1 is 0.692 bits per heavy atom. The molecule has 0 unspecified atom stereocenters. The van der Waals surface area contributed by atoms with Gasteiger partial charge < -0.3 is 10.1 Å². The first kappa shape index (κ1) is 28.9.